The number of benzene rings is 1. The average molecular weight is 279 g/mol. The van der Waals surface area contributed by atoms with E-state index in [9.17, 15) is 10.1 Å². The van der Waals surface area contributed by atoms with Crippen molar-refractivity contribution in [2.75, 3.05) is 13.1 Å². The number of nitrogens with zero attached hydrogens (tertiary/aromatic N) is 2. The number of hydrogen-bond acceptors (Lipinski definition) is 3. The lowest BCUT2D eigenvalue weighted by molar-refractivity contribution is -0.143. The molecule has 0 aliphatic carbocycles. The van der Waals surface area contributed by atoms with Gasteiger partial charge in [0.2, 0.25) is 0 Å². The first-order valence-corrected chi connectivity index (χ1v) is 6.62. The van der Waals surface area contributed by atoms with Gasteiger partial charge < -0.3 is 5.11 Å². The van der Waals surface area contributed by atoms with Gasteiger partial charge in [-0.15, -0.1) is 0 Å². The van der Waals surface area contributed by atoms with Crippen molar-refractivity contribution in [2.24, 2.45) is 5.92 Å². The van der Waals surface area contributed by atoms with E-state index in [1.807, 2.05) is 23.1 Å². The highest BCUT2D eigenvalue weighted by atomic mass is 35.5. The SMILES string of the molecule is N#CC(c1ccccc1Cl)N1CCCC(C(=O)O)C1. The average Bonchev–Trinajstić information content (AvgIpc) is 2.42. The molecule has 2 unspecified atom stereocenters. The summed E-state index contributed by atoms with van der Waals surface area (Å²) in [5.74, 6) is -1.19. The molecule has 0 aromatic heterocycles. The Morgan fingerprint density at radius 2 is 2.26 bits per heavy atom. The van der Waals surface area contributed by atoms with Crippen molar-refractivity contribution in [3.05, 3.63) is 34.9 Å². The second-order valence-electron chi connectivity index (χ2n) is 4.73. The summed E-state index contributed by atoms with van der Waals surface area (Å²) in [6, 6.07) is 8.98. The Kier molecular flexibility index (Phi) is 4.41. The molecule has 1 heterocycles. The smallest absolute Gasteiger partial charge is 0.307 e. The number of carbonyl (C=O) groups is 1. The van der Waals surface area contributed by atoms with Crippen molar-refractivity contribution in [3.8, 4) is 6.07 Å². The monoisotopic (exact) mass is 278 g/mol. The van der Waals surface area contributed by atoms with Crippen molar-refractivity contribution < 1.29 is 9.90 Å². The molecule has 1 fully saturated rings. The number of carboxylic acids is 1. The molecule has 2 rings (SSSR count). The van der Waals surface area contributed by atoms with Gasteiger partial charge in [0.15, 0.2) is 0 Å². The molecule has 0 saturated carbocycles. The van der Waals surface area contributed by atoms with Crippen LogP contribution < -0.4 is 0 Å². The topological polar surface area (TPSA) is 64.3 Å². The fourth-order valence-corrected chi connectivity index (χ4v) is 2.73. The molecule has 2 atom stereocenters. The van der Waals surface area contributed by atoms with Gasteiger partial charge in [-0.05, 0) is 25.5 Å². The van der Waals surface area contributed by atoms with E-state index in [0.29, 0.717) is 18.0 Å². The quantitative estimate of drug-likeness (QED) is 0.923. The molecule has 1 saturated heterocycles. The number of nitriles is 1. The first-order chi connectivity index (χ1) is 9.13. The molecule has 1 aliphatic heterocycles. The van der Waals surface area contributed by atoms with E-state index in [4.69, 9.17) is 16.7 Å². The maximum atomic E-state index is 11.1. The lowest BCUT2D eigenvalue weighted by Gasteiger charge is -2.34. The Hall–Kier alpha value is -1.57. The van der Waals surface area contributed by atoms with Gasteiger partial charge in [0.05, 0.1) is 12.0 Å². The van der Waals surface area contributed by atoms with E-state index in [1.165, 1.54) is 0 Å². The van der Waals surface area contributed by atoms with Crippen LogP contribution in [0.4, 0.5) is 0 Å². The van der Waals surface area contributed by atoms with Crippen LogP contribution in [0.5, 0.6) is 0 Å². The number of rotatable bonds is 3. The highest BCUT2D eigenvalue weighted by Crippen LogP contribution is 2.30. The zero-order valence-corrected chi connectivity index (χ0v) is 11.2. The van der Waals surface area contributed by atoms with E-state index in [2.05, 4.69) is 6.07 Å². The second kappa shape index (κ2) is 6.05. The van der Waals surface area contributed by atoms with Crippen LogP contribution in [-0.2, 0) is 4.79 Å². The molecule has 1 aromatic rings. The van der Waals surface area contributed by atoms with Crippen LogP contribution in [0, 0.1) is 17.2 Å². The molecule has 5 heteroatoms. The lowest BCUT2D eigenvalue weighted by Crippen LogP contribution is -2.40. The second-order valence-corrected chi connectivity index (χ2v) is 5.13. The minimum atomic E-state index is -0.791. The number of carboxylic acid groups (broad SMARTS) is 1. The molecule has 100 valence electrons. The van der Waals surface area contributed by atoms with Crippen molar-refractivity contribution in [1.82, 2.24) is 4.90 Å². The standard InChI is InChI=1S/C14H15ClN2O2/c15-12-6-2-1-5-11(12)13(8-16)17-7-3-4-10(9-17)14(18)19/h1-2,5-6,10,13H,3-4,7,9H2,(H,18,19). The fraction of sp³-hybridized carbons (Fsp3) is 0.429. The number of hydrogen-bond donors (Lipinski definition) is 1. The Balaban J connectivity index is 2.21. The Labute approximate surface area is 117 Å². The molecule has 1 N–H and O–H groups in total. The van der Waals surface area contributed by atoms with Crippen LogP contribution in [0.3, 0.4) is 0 Å². The highest BCUT2D eigenvalue weighted by Gasteiger charge is 2.31. The highest BCUT2D eigenvalue weighted by molar-refractivity contribution is 6.31. The number of piperidine rings is 1. The molecule has 1 aromatic carbocycles. The summed E-state index contributed by atoms with van der Waals surface area (Å²) in [6.45, 7) is 1.13. The van der Waals surface area contributed by atoms with Crippen LogP contribution in [0.15, 0.2) is 24.3 Å². The molecular formula is C14H15ClN2O2. The maximum Gasteiger partial charge on any atom is 0.307 e. The predicted molar refractivity (Wildman–Crippen MR) is 71.7 cm³/mol. The molecule has 0 amide bonds. The van der Waals surface area contributed by atoms with Crippen LogP contribution in [0.2, 0.25) is 5.02 Å². The summed E-state index contributed by atoms with van der Waals surface area (Å²) in [6.07, 6.45) is 1.46. The van der Waals surface area contributed by atoms with Crippen molar-refractivity contribution in [1.29, 1.82) is 5.26 Å². The van der Waals surface area contributed by atoms with Crippen LogP contribution in [0.1, 0.15) is 24.4 Å². The first-order valence-electron chi connectivity index (χ1n) is 6.24. The van der Waals surface area contributed by atoms with E-state index in [-0.39, 0.29) is 0 Å². The van der Waals surface area contributed by atoms with Gasteiger partial charge in [-0.2, -0.15) is 5.26 Å². The minimum absolute atomic E-state index is 0.396. The summed E-state index contributed by atoms with van der Waals surface area (Å²) < 4.78 is 0. The summed E-state index contributed by atoms with van der Waals surface area (Å²) in [7, 11) is 0. The lowest BCUT2D eigenvalue weighted by atomic mass is 9.95. The predicted octanol–water partition coefficient (Wildman–Crippen LogP) is 2.70. The van der Waals surface area contributed by atoms with Gasteiger partial charge in [0, 0.05) is 17.1 Å². The summed E-state index contributed by atoms with van der Waals surface area (Å²) in [5, 5.41) is 19.0. The zero-order valence-electron chi connectivity index (χ0n) is 10.4. The van der Waals surface area contributed by atoms with E-state index in [0.717, 1.165) is 18.5 Å². The molecule has 0 radical (unpaired) electrons. The van der Waals surface area contributed by atoms with Gasteiger partial charge in [-0.3, -0.25) is 9.69 Å². The van der Waals surface area contributed by atoms with Crippen LogP contribution >= 0.6 is 11.6 Å². The zero-order chi connectivity index (χ0) is 13.8. The number of aliphatic carboxylic acids is 1. The molecule has 0 spiro atoms. The third-order valence-corrected chi connectivity index (χ3v) is 3.83. The van der Waals surface area contributed by atoms with Crippen LogP contribution in [0.25, 0.3) is 0 Å². The molecular weight excluding hydrogens is 264 g/mol. The van der Waals surface area contributed by atoms with Gasteiger partial charge in [0.25, 0.3) is 0 Å². The van der Waals surface area contributed by atoms with Crippen molar-refractivity contribution in [2.45, 2.75) is 18.9 Å². The number of likely N-dealkylation sites (tertiary alicyclic amines) is 1. The summed E-state index contributed by atoms with van der Waals surface area (Å²) >= 11 is 6.12. The third kappa shape index (κ3) is 3.06. The maximum absolute atomic E-state index is 11.1. The van der Waals surface area contributed by atoms with Gasteiger partial charge >= 0.3 is 5.97 Å². The molecule has 4 nitrogen and oxygen atoms in total. The van der Waals surface area contributed by atoms with Gasteiger partial charge in [-0.25, -0.2) is 0 Å². The largest absolute Gasteiger partial charge is 0.481 e. The van der Waals surface area contributed by atoms with Crippen LogP contribution in [-0.4, -0.2) is 29.1 Å². The van der Waals surface area contributed by atoms with E-state index >= 15 is 0 Å². The Morgan fingerprint density at radius 1 is 1.53 bits per heavy atom. The molecule has 19 heavy (non-hydrogen) atoms. The van der Waals surface area contributed by atoms with E-state index in [1.54, 1.807) is 6.07 Å². The van der Waals surface area contributed by atoms with Gasteiger partial charge in [0.1, 0.15) is 6.04 Å². The van der Waals surface area contributed by atoms with E-state index < -0.39 is 17.9 Å². The normalized spacial score (nSPS) is 21.6. The van der Waals surface area contributed by atoms with Gasteiger partial charge in [-0.1, -0.05) is 29.8 Å². The summed E-state index contributed by atoms with van der Waals surface area (Å²) in [4.78, 5) is 13.0. The summed E-state index contributed by atoms with van der Waals surface area (Å²) in [5.41, 5.74) is 0.748. The first kappa shape index (κ1) is 13.9. The van der Waals surface area contributed by atoms with Crippen molar-refractivity contribution in [3.63, 3.8) is 0 Å². The minimum Gasteiger partial charge on any atom is -0.481 e. The third-order valence-electron chi connectivity index (χ3n) is 3.49. The fourth-order valence-electron chi connectivity index (χ4n) is 2.49. The molecule has 1 aliphatic rings. The Bertz CT molecular complexity index is 512. The Morgan fingerprint density at radius 3 is 2.89 bits per heavy atom. The van der Waals surface area contributed by atoms with Crippen molar-refractivity contribution >= 4 is 17.6 Å². The number of halogens is 1. The molecule has 0 bridgehead atoms.